The molecule has 92 valence electrons. The summed E-state index contributed by atoms with van der Waals surface area (Å²) in [5.41, 5.74) is 0.0157. The number of para-hydroxylation sites is 1. The van der Waals surface area contributed by atoms with Gasteiger partial charge in [0, 0.05) is 11.3 Å². The maximum Gasteiger partial charge on any atom is 0.307 e. The molecule has 0 aliphatic carbocycles. The molecule has 0 saturated heterocycles. The first-order valence-corrected chi connectivity index (χ1v) is 5.94. The lowest BCUT2D eigenvalue weighted by Gasteiger charge is -2.15. The Bertz CT molecular complexity index is 435. The van der Waals surface area contributed by atoms with Gasteiger partial charge in [0.15, 0.2) is 0 Å². The quantitative estimate of drug-likeness (QED) is 0.497. The van der Waals surface area contributed by atoms with Gasteiger partial charge in [0.05, 0.1) is 15.7 Å². The van der Waals surface area contributed by atoms with Crippen LogP contribution >= 0.6 is 11.8 Å². The van der Waals surface area contributed by atoms with Crippen molar-refractivity contribution >= 4 is 23.4 Å². The molecule has 0 aliphatic heterocycles. The molecule has 0 fully saturated rings. The SMILES string of the molecule is CC(Sc1ccccc1[N+](=O)[O-])C(C)C(=O)O. The fourth-order valence-corrected chi connectivity index (χ4v) is 2.35. The van der Waals surface area contributed by atoms with E-state index in [-0.39, 0.29) is 10.9 Å². The van der Waals surface area contributed by atoms with Crippen molar-refractivity contribution < 1.29 is 14.8 Å². The molecule has 17 heavy (non-hydrogen) atoms. The lowest BCUT2D eigenvalue weighted by molar-refractivity contribution is -0.387. The first-order valence-electron chi connectivity index (χ1n) is 5.06. The number of hydrogen-bond acceptors (Lipinski definition) is 4. The average molecular weight is 255 g/mol. The van der Waals surface area contributed by atoms with Crippen LogP contribution in [0.4, 0.5) is 5.69 Å². The minimum absolute atomic E-state index is 0.0157. The molecule has 0 amide bonds. The number of rotatable bonds is 5. The lowest BCUT2D eigenvalue weighted by atomic mass is 10.1. The van der Waals surface area contributed by atoms with E-state index in [1.807, 2.05) is 0 Å². The molecule has 1 rings (SSSR count). The molecule has 1 aromatic rings. The number of benzene rings is 1. The monoisotopic (exact) mass is 255 g/mol. The number of aliphatic carboxylic acids is 1. The largest absolute Gasteiger partial charge is 0.481 e. The van der Waals surface area contributed by atoms with Crippen LogP contribution in [-0.2, 0) is 4.79 Å². The van der Waals surface area contributed by atoms with Crippen molar-refractivity contribution in [3.05, 3.63) is 34.4 Å². The highest BCUT2D eigenvalue weighted by Gasteiger charge is 2.23. The van der Waals surface area contributed by atoms with Gasteiger partial charge in [-0.25, -0.2) is 0 Å². The Morgan fingerprint density at radius 2 is 2.00 bits per heavy atom. The van der Waals surface area contributed by atoms with Gasteiger partial charge >= 0.3 is 5.97 Å². The van der Waals surface area contributed by atoms with Crippen molar-refractivity contribution in [3.8, 4) is 0 Å². The van der Waals surface area contributed by atoms with Crippen LogP contribution in [0.1, 0.15) is 13.8 Å². The van der Waals surface area contributed by atoms with Crippen molar-refractivity contribution in [3.63, 3.8) is 0 Å². The fourth-order valence-electron chi connectivity index (χ4n) is 1.21. The first-order chi connectivity index (χ1) is 7.93. The van der Waals surface area contributed by atoms with Crippen LogP contribution in [0.15, 0.2) is 29.2 Å². The lowest BCUT2D eigenvalue weighted by Crippen LogP contribution is -2.20. The highest BCUT2D eigenvalue weighted by Crippen LogP contribution is 2.34. The highest BCUT2D eigenvalue weighted by atomic mass is 32.2. The molecule has 0 aromatic heterocycles. The average Bonchev–Trinajstić information content (AvgIpc) is 2.28. The number of carbonyl (C=O) groups is 1. The van der Waals surface area contributed by atoms with Gasteiger partial charge in [0.2, 0.25) is 0 Å². The zero-order valence-corrected chi connectivity index (χ0v) is 10.3. The fraction of sp³-hybridized carbons (Fsp3) is 0.364. The molecular weight excluding hydrogens is 242 g/mol. The standard InChI is InChI=1S/C11H13NO4S/c1-7(11(13)14)8(2)17-10-6-4-3-5-9(10)12(15)16/h3-8H,1-2H3,(H,13,14). The van der Waals surface area contributed by atoms with Crippen LogP contribution in [0, 0.1) is 16.0 Å². The van der Waals surface area contributed by atoms with Crippen molar-refractivity contribution in [2.75, 3.05) is 0 Å². The van der Waals surface area contributed by atoms with E-state index in [4.69, 9.17) is 5.11 Å². The predicted octanol–water partition coefficient (Wildman–Crippen LogP) is 2.80. The molecule has 0 bridgehead atoms. The Hall–Kier alpha value is -1.56. The minimum atomic E-state index is -0.899. The molecule has 0 radical (unpaired) electrons. The number of nitro benzene ring substituents is 1. The van der Waals surface area contributed by atoms with Crippen molar-refractivity contribution in [2.45, 2.75) is 24.0 Å². The second-order valence-corrected chi connectivity index (χ2v) is 5.09. The van der Waals surface area contributed by atoms with Crippen molar-refractivity contribution in [2.24, 2.45) is 5.92 Å². The van der Waals surface area contributed by atoms with E-state index in [0.29, 0.717) is 4.90 Å². The summed E-state index contributed by atoms with van der Waals surface area (Å²) in [4.78, 5) is 21.6. The van der Waals surface area contributed by atoms with Crippen LogP contribution < -0.4 is 0 Å². The Kier molecular flexibility index (Phi) is 4.51. The van der Waals surface area contributed by atoms with Crippen LogP contribution in [-0.4, -0.2) is 21.2 Å². The van der Waals surface area contributed by atoms with E-state index in [0.717, 1.165) is 0 Å². The van der Waals surface area contributed by atoms with E-state index < -0.39 is 16.8 Å². The topological polar surface area (TPSA) is 80.4 Å². The summed E-state index contributed by atoms with van der Waals surface area (Å²) >= 11 is 1.21. The van der Waals surface area contributed by atoms with Gasteiger partial charge in [0.25, 0.3) is 5.69 Å². The summed E-state index contributed by atoms with van der Waals surface area (Å²) in [6, 6.07) is 6.34. The number of nitrogens with zero attached hydrogens (tertiary/aromatic N) is 1. The summed E-state index contributed by atoms with van der Waals surface area (Å²) < 4.78 is 0. The van der Waals surface area contributed by atoms with Gasteiger partial charge in [-0.15, -0.1) is 11.8 Å². The summed E-state index contributed by atoms with van der Waals surface area (Å²) in [7, 11) is 0. The van der Waals surface area contributed by atoms with Crippen LogP contribution in [0.25, 0.3) is 0 Å². The van der Waals surface area contributed by atoms with Crippen LogP contribution in [0.3, 0.4) is 0 Å². The molecule has 0 heterocycles. The van der Waals surface area contributed by atoms with Crippen molar-refractivity contribution in [1.82, 2.24) is 0 Å². The maximum atomic E-state index is 10.8. The van der Waals surface area contributed by atoms with Gasteiger partial charge in [0.1, 0.15) is 0 Å². The van der Waals surface area contributed by atoms with Gasteiger partial charge in [-0.3, -0.25) is 14.9 Å². The molecule has 6 heteroatoms. The third-order valence-corrected chi connectivity index (χ3v) is 3.85. The van der Waals surface area contributed by atoms with Crippen molar-refractivity contribution in [1.29, 1.82) is 0 Å². The second kappa shape index (κ2) is 5.67. The zero-order valence-electron chi connectivity index (χ0n) is 9.49. The first kappa shape index (κ1) is 13.5. The Labute approximate surface area is 103 Å². The van der Waals surface area contributed by atoms with E-state index in [1.165, 1.54) is 17.8 Å². The summed E-state index contributed by atoms with van der Waals surface area (Å²) in [6.45, 7) is 3.34. The zero-order chi connectivity index (χ0) is 13.0. The normalized spacial score (nSPS) is 14.0. The van der Waals surface area contributed by atoms with E-state index in [1.54, 1.807) is 32.0 Å². The molecule has 0 saturated carbocycles. The summed E-state index contributed by atoms with van der Waals surface area (Å²) in [5, 5.41) is 19.4. The molecule has 2 unspecified atom stereocenters. The van der Waals surface area contributed by atoms with Gasteiger partial charge in [-0.1, -0.05) is 26.0 Å². The maximum absolute atomic E-state index is 10.8. The number of carboxylic acid groups (broad SMARTS) is 1. The summed E-state index contributed by atoms with van der Waals surface area (Å²) in [6.07, 6.45) is 0. The number of thioether (sulfide) groups is 1. The smallest absolute Gasteiger partial charge is 0.307 e. The molecule has 1 N–H and O–H groups in total. The molecule has 5 nitrogen and oxygen atoms in total. The minimum Gasteiger partial charge on any atom is -0.481 e. The number of hydrogen-bond donors (Lipinski definition) is 1. The van der Waals surface area contributed by atoms with E-state index >= 15 is 0 Å². The molecule has 1 aromatic carbocycles. The molecule has 0 spiro atoms. The highest BCUT2D eigenvalue weighted by molar-refractivity contribution is 8.00. The predicted molar refractivity (Wildman–Crippen MR) is 65.2 cm³/mol. The van der Waals surface area contributed by atoms with Crippen LogP contribution in [0.5, 0.6) is 0 Å². The second-order valence-electron chi connectivity index (χ2n) is 3.67. The van der Waals surface area contributed by atoms with Crippen LogP contribution in [0.2, 0.25) is 0 Å². The third-order valence-electron chi connectivity index (χ3n) is 2.47. The Balaban J connectivity index is 2.88. The van der Waals surface area contributed by atoms with Gasteiger partial charge in [-0.2, -0.15) is 0 Å². The summed E-state index contributed by atoms with van der Waals surface area (Å²) in [5.74, 6) is -1.46. The molecular formula is C11H13NO4S. The van der Waals surface area contributed by atoms with E-state index in [9.17, 15) is 14.9 Å². The van der Waals surface area contributed by atoms with E-state index in [2.05, 4.69) is 0 Å². The Morgan fingerprint density at radius 1 is 1.41 bits per heavy atom. The Morgan fingerprint density at radius 3 is 2.53 bits per heavy atom. The van der Waals surface area contributed by atoms with Gasteiger partial charge < -0.3 is 5.11 Å². The number of carboxylic acids is 1. The molecule has 0 aliphatic rings. The van der Waals surface area contributed by atoms with Gasteiger partial charge in [-0.05, 0) is 6.07 Å². The number of nitro groups is 1. The molecule has 2 atom stereocenters. The third kappa shape index (κ3) is 3.45.